The van der Waals surface area contributed by atoms with Gasteiger partial charge in [-0.15, -0.1) is 45.3 Å². The Balaban J connectivity index is 0.000000185. The van der Waals surface area contributed by atoms with Crippen molar-refractivity contribution in [2.75, 3.05) is 37.1 Å². The highest BCUT2D eigenvalue weighted by molar-refractivity contribution is 9.10. The Morgan fingerprint density at radius 2 is 0.898 bits per heavy atom. The summed E-state index contributed by atoms with van der Waals surface area (Å²) in [5.74, 6) is -1.62. The molecule has 9 heterocycles. The van der Waals surface area contributed by atoms with Crippen LogP contribution in [-0.2, 0) is 103 Å². The van der Waals surface area contributed by atoms with E-state index in [9.17, 15) is 82.1 Å². The standard InChI is InChI=1S/C25H30N4O5S2.C24H25F2N3O6S2.C24H25N5O5S2.C23H23BrClN3O5S2.3CH4/c1-3-16-5-4-6-17(7-16)8-18-10-23(35-15(18)2)24(31)21-12-27-14-28-25(21)29-20-9-19(22(30)11-20)13-34-36(26,32)33;25-24(26)35-18-3-1-2-14(6-18)4-16-9-22(36-12-16)23(31)19-10-28-13-29-20(19)7-15-5-17(21(30)8-15)11-34-37(27,32)33;25-36(32,33)34-12-17-8-18(9-21(17)30)28-24-19(10-26-14-27-24)23(31)22-7-15(13-35-22)11-29-6-5-16-3-1-2-4-20(16)29;24-17-3-1-2-13(6-17)4-15-9-21(34-23(15)25)22(30)18-10-27-12-28-19(18)7-14-5-16(20(29)8-14)11-33-35(26,31)32;;;/h4-7,10,12,14,19-20,22,30H,3,8-9,11,13H2,1-2H3,(H2,26,32,33)(H,27,28,29);1-3,6,9-10,12-13,15,17,21,24,30H,4-5,7-8,11H2,(H2,27,32,33);1-7,10,13-14,17-18,21,30H,8-9,11-12H2,(H2,25,32,33)(H,26,27,28);1-3,6,9-10,12,14,16,20,29H,4-5,7-8,11H2,(H2,26,31,32);3*1H4/t19-,20-,22+;15-,17+,21-;17-,18-,21+;14-,16+,20-;;;/m1010.../s1. The van der Waals surface area contributed by atoms with Gasteiger partial charge in [0.1, 0.15) is 42.7 Å². The van der Waals surface area contributed by atoms with Crippen molar-refractivity contribution >= 4 is 160 Å². The predicted molar refractivity (Wildman–Crippen MR) is 562 cm³/mol. The highest BCUT2D eigenvalue weighted by Gasteiger charge is 2.40. The maximum absolute atomic E-state index is 13.4. The molecule has 0 radical (unpaired) electrons. The molecule has 4 saturated carbocycles. The van der Waals surface area contributed by atoms with Gasteiger partial charge in [0.05, 0.1) is 108 Å². The monoisotopic (exact) mass is 2260 g/mol. The first-order chi connectivity index (χ1) is 68.5. The highest BCUT2D eigenvalue weighted by Crippen LogP contribution is 2.41. The van der Waals surface area contributed by atoms with Gasteiger partial charge in [-0.1, -0.05) is 123 Å². The Hall–Kier alpha value is -10.4. The number of aliphatic hydroxyl groups is 4. The zero-order valence-corrected chi connectivity index (χ0v) is 86.1. The van der Waals surface area contributed by atoms with Crippen LogP contribution in [0.5, 0.6) is 5.75 Å². The zero-order valence-electron chi connectivity index (χ0n) is 77.3. The van der Waals surface area contributed by atoms with Crippen LogP contribution in [0.2, 0.25) is 4.34 Å². The third kappa shape index (κ3) is 33.8. The van der Waals surface area contributed by atoms with E-state index in [4.69, 9.17) is 32.2 Å². The minimum absolute atomic E-state index is 0. The molecular formula is C99H115BrClF2N15O21S8. The molecule has 147 heavy (non-hydrogen) atoms. The molecule has 17 rings (SSSR count). The number of anilines is 2. The SMILES string of the molecule is C.C.C.CCc1cccc(Cc2cc(C(=O)c3cncnc3N[C@@H]3C[C@H](COS(N)(=O)=O)[C@@H](O)C3)sc2C)c1.NS(=O)(=O)OC[C@H]1C[C@@H](Cc2ncncc2C(=O)c2cc(Cc3cccc(Br)c3)c(Cl)s2)C[C@@H]1O.NS(=O)(=O)OC[C@H]1C[C@@H](Cc2ncncc2C(=O)c2cc(Cc3cccc(OC(F)F)c3)cs2)C[C@@H]1O.NS(=O)(=O)OC[C@H]1C[C@@H](Nc2ncncc2C(=O)c2cc(Cn3ccc4ccccc43)cs2)C[C@@H]1O. The third-order valence-electron chi connectivity index (χ3n) is 24.9. The van der Waals surface area contributed by atoms with Gasteiger partial charge in [-0.3, -0.25) is 35.9 Å². The van der Waals surface area contributed by atoms with Gasteiger partial charge in [0, 0.05) is 88.2 Å². The van der Waals surface area contributed by atoms with Crippen LogP contribution < -0.4 is 35.9 Å². The van der Waals surface area contributed by atoms with E-state index in [-0.39, 0.29) is 107 Å². The quantitative estimate of drug-likeness (QED) is 0.0160. The third-order valence-corrected chi connectivity index (χ3v) is 31.7. The molecule has 4 aliphatic carbocycles. The number of hydrogen-bond donors (Lipinski definition) is 10. The Morgan fingerprint density at radius 1 is 0.476 bits per heavy atom. The zero-order chi connectivity index (χ0) is 103. The second-order valence-electron chi connectivity index (χ2n) is 35.4. The minimum atomic E-state index is -4.10. The van der Waals surface area contributed by atoms with Crippen molar-refractivity contribution in [2.24, 2.45) is 56.1 Å². The number of carbonyl (C=O) groups is 4. The maximum Gasteiger partial charge on any atom is 0.387 e. The van der Waals surface area contributed by atoms with E-state index < -0.39 is 90.0 Å². The summed E-state index contributed by atoms with van der Waals surface area (Å²) in [6.07, 6.45) is 17.5. The number of thiophene rings is 4. The van der Waals surface area contributed by atoms with Crippen molar-refractivity contribution in [1.29, 1.82) is 0 Å². The number of para-hydroxylation sites is 1. The van der Waals surface area contributed by atoms with Crippen LogP contribution in [0.1, 0.15) is 202 Å². The van der Waals surface area contributed by atoms with Gasteiger partial charge in [-0.25, -0.2) is 60.4 Å². The van der Waals surface area contributed by atoms with Gasteiger partial charge in [0.25, 0.3) is 0 Å². The van der Waals surface area contributed by atoms with Crippen molar-refractivity contribution in [3.8, 4) is 5.75 Å². The molecule has 36 nitrogen and oxygen atoms in total. The molecule has 12 atom stereocenters. The number of alkyl halides is 2. The van der Waals surface area contributed by atoms with E-state index in [0.717, 1.165) is 66.5 Å². The number of aliphatic hydroxyl groups excluding tert-OH is 4. The maximum atomic E-state index is 13.4. The lowest BCUT2D eigenvalue weighted by Crippen LogP contribution is -2.24. The molecule has 0 spiro atoms. The van der Waals surface area contributed by atoms with E-state index >= 15 is 0 Å². The van der Waals surface area contributed by atoms with Crippen molar-refractivity contribution < 1.29 is 104 Å². The number of nitrogens with one attached hydrogen (secondary N) is 2. The van der Waals surface area contributed by atoms with Crippen LogP contribution in [0, 0.1) is 42.4 Å². The summed E-state index contributed by atoms with van der Waals surface area (Å²) in [7, 11) is -16.3. The Bertz CT molecular complexity index is 7220. The van der Waals surface area contributed by atoms with Crippen molar-refractivity contribution in [1.82, 2.24) is 44.4 Å². The lowest BCUT2D eigenvalue weighted by atomic mass is 9.96. The first-order valence-electron chi connectivity index (χ1n) is 45.3. The average molecular weight is 2260 g/mol. The molecule has 13 aromatic rings. The fourth-order valence-electron chi connectivity index (χ4n) is 18.0. The van der Waals surface area contributed by atoms with Crippen LogP contribution in [0.15, 0.2) is 199 Å². The number of carbonyl (C=O) groups excluding carboxylic acids is 4. The van der Waals surface area contributed by atoms with E-state index in [1.54, 1.807) is 18.2 Å². The number of halogens is 4. The molecule has 48 heteroatoms. The van der Waals surface area contributed by atoms with E-state index in [2.05, 4.69) is 142 Å². The van der Waals surface area contributed by atoms with Crippen LogP contribution >= 0.6 is 72.9 Å². The molecule has 0 bridgehead atoms. The van der Waals surface area contributed by atoms with Gasteiger partial charge >= 0.3 is 47.8 Å². The summed E-state index contributed by atoms with van der Waals surface area (Å²) >= 11 is 15.2. The molecule has 4 fully saturated rings. The Kier molecular flexibility index (Phi) is 42.0. The van der Waals surface area contributed by atoms with Gasteiger partial charge in [-0.2, -0.15) is 42.5 Å². The first kappa shape index (κ1) is 117. The number of ketones is 4. The van der Waals surface area contributed by atoms with Crippen molar-refractivity contribution in [2.45, 2.75) is 176 Å². The fraction of sp³-hybridized carbons (Fsp3) is 0.374. The lowest BCUT2D eigenvalue weighted by Gasteiger charge is -2.15. The van der Waals surface area contributed by atoms with Crippen molar-refractivity contribution in [3.63, 3.8) is 0 Å². The van der Waals surface area contributed by atoms with Crippen LogP contribution in [0.25, 0.3) is 10.9 Å². The smallest absolute Gasteiger partial charge is 0.387 e. The molecule has 0 saturated heterocycles. The molecule has 4 aliphatic rings. The van der Waals surface area contributed by atoms with E-state index in [1.165, 1.54) is 119 Å². The predicted octanol–water partition coefficient (Wildman–Crippen LogP) is 14.5. The molecule has 14 N–H and O–H groups in total. The second kappa shape index (κ2) is 52.8. The molecule has 9 aromatic heterocycles. The van der Waals surface area contributed by atoms with Gasteiger partial charge in [-0.05, 0) is 230 Å². The summed E-state index contributed by atoms with van der Waals surface area (Å²) in [6, 6.07) is 39.9. The fourth-order valence-corrected chi connectivity index (χ4v) is 23.8. The minimum Gasteiger partial charge on any atom is -0.435 e. The number of ether oxygens (including phenoxy) is 1. The number of hydrogen-bond acceptors (Lipinski definition) is 35. The summed E-state index contributed by atoms with van der Waals surface area (Å²) in [4.78, 5) is 90.0. The number of fused-ring (bicyclic) bond motifs is 1. The van der Waals surface area contributed by atoms with Crippen LogP contribution in [-0.4, -0.2) is 191 Å². The highest BCUT2D eigenvalue weighted by atomic mass is 79.9. The number of benzene rings is 4. The Labute approximate surface area is 881 Å². The Morgan fingerprint density at radius 3 is 1.41 bits per heavy atom. The largest absolute Gasteiger partial charge is 0.435 e. The molecule has 788 valence electrons. The molecular weight excluding hydrogens is 2150 g/mol. The molecule has 0 aliphatic heterocycles. The second-order valence-corrected chi connectivity index (χ2v) is 45.9. The van der Waals surface area contributed by atoms with E-state index in [1.807, 2.05) is 78.5 Å². The van der Waals surface area contributed by atoms with Gasteiger partial charge in [0.2, 0.25) is 23.1 Å². The molecule has 0 amide bonds. The summed E-state index contributed by atoms with van der Waals surface area (Å²) in [5, 5.41) is 72.2. The van der Waals surface area contributed by atoms with Gasteiger partial charge in [0.15, 0.2) is 0 Å². The number of aryl methyl sites for hydroxylation is 2. The summed E-state index contributed by atoms with van der Waals surface area (Å²) < 4.78 is 140. The van der Waals surface area contributed by atoms with Crippen LogP contribution in [0.4, 0.5) is 20.4 Å². The normalized spacial score (nSPS) is 19.6. The first-order valence-corrected chi connectivity index (χ1v) is 55.7. The number of nitrogens with zero attached hydrogens (tertiary/aromatic N) is 9. The lowest BCUT2D eigenvalue weighted by molar-refractivity contribution is -0.0499. The van der Waals surface area contributed by atoms with E-state index in [0.29, 0.717) is 153 Å². The summed E-state index contributed by atoms with van der Waals surface area (Å²) in [5.41, 5.74) is 11.8. The van der Waals surface area contributed by atoms with Crippen LogP contribution in [0.3, 0.4) is 0 Å². The van der Waals surface area contributed by atoms with Crippen molar-refractivity contribution in [3.05, 3.63) is 306 Å². The number of rotatable bonds is 39. The topological polar surface area (TPSA) is 568 Å². The molecule has 0 unspecified atom stereocenters. The average Bonchev–Trinajstić information content (AvgIpc) is 1.69. The summed E-state index contributed by atoms with van der Waals surface area (Å²) in [6.45, 7) is 1.09. The molecule has 4 aromatic carbocycles. The number of aromatic nitrogens is 9. The van der Waals surface area contributed by atoms with Gasteiger partial charge < -0.3 is 40.4 Å². The number of nitrogens with two attached hydrogens (primary N) is 4.